The first-order valence-corrected chi connectivity index (χ1v) is 7.48. The lowest BCUT2D eigenvalue weighted by Gasteiger charge is -2.08. The summed E-state index contributed by atoms with van der Waals surface area (Å²) in [7, 11) is 3.05. The Bertz CT molecular complexity index is 724. The van der Waals surface area contributed by atoms with Crippen molar-refractivity contribution in [2.45, 2.75) is 0 Å². The van der Waals surface area contributed by atoms with Crippen LogP contribution in [0.4, 0.5) is 10.1 Å². The lowest BCUT2D eigenvalue weighted by atomic mass is 10.2. The van der Waals surface area contributed by atoms with Gasteiger partial charge in [0.15, 0.2) is 0 Å². The third-order valence-electron chi connectivity index (χ3n) is 2.99. The predicted molar refractivity (Wildman–Crippen MR) is 91.3 cm³/mol. The topological polar surface area (TPSA) is 47.6 Å². The summed E-state index contributed by atoms with van der Waals surface area (Å²) in [5.41, 5.74) is 0.836. The van der Waals surface area contributed by atoms with Crippen LogP contribution in [0.5, 0.6) is 11.5 Å². The molecule has 0 aromatic heterocycles. The summed E-state index contributed by atoms with van der Waals surface area (Å²) in [4.78, 5) is 12.0. The number of nitrogens with one attached hydrogen (secondary N) is 1. The quantitative estimate of drug-likeness (QED) is 0.789. The van der Waals surface area contributed by atoms with Gasteiger partial charge in [0.25, 0.3) is 0 Å². The zero-order chi connectivity index (χ0) is 16.8. The molecule has 0 fully saturated rings. The highest BCUT2D eigenvalue weighted by Crippen LogP contribution is 2.25. The van der Waals surface area contributed by atoms with Crippen molar-refractivity contribution in [3.05, 3.63) is 58.3 Å². The van der Waals surface area contributed by atoms with Crippen molar-refractivity contribution in [2.75, 3.05) is 19.5 Å². The van der Waals surface area contributed by atoms with Gasteiger partial charge >= 0.3 is 0 Å². The van der Waals surface area contributed by atoms with E-state index in [9.17, 15) is 9.18 Å². The van der Waals surface area contributed by atoms with Crippen molar-refractivity contribution in [1.29, 1.82) is 0 Å². The van der Waals surface area contributed by atoms with E-state index >= 15 is 0 Å². The van der Waals surface area contributed by atoms with Crippen LogP contribution in [-0.2, 0) is 4.79 Å². The number of methoxy groups -OCH3 is 2. The molecule has 0 radical (unpaired) electrons. The Morgan fingerprint density at radius 3 is 2.39 bits per heavy atom. The molecule has 0 aliphatic carbocycles. The van der Waals surface area contributed by atoms with E-state index in [-0.39, 0.29) is 5.91 Å². The second kappa shape index (κ2) is 7.78. The fourth-order valence-corrected chi connectivity index (χ4v) is 2.25. The highest BCUT2D eigenvalue weighted by Gasteiger charge is 2.05. The number of carbonyl (C=O) groups is 1. The number of carbonyl (C=O) groups excluding carboxylic acids is 1. The second-order valence-corrected chi connectivity index (χ2v) is 5.51. The minimum absolute atomic E-state index is 0.317. The summed E-state index contributed by atoms with van der Waals surface area (Å²) in [6.07, 6.45) is 2.67. The van der Waals surface area contributed by atoms with Gasteiger partial charge < -0.3 is 14.8 Å². The SMILES string of the molecule is COc1cc(NC(=O)/C=C/c2cc(Br)ccc2F)cc(OC)c1. The van der Waals surface area contributed by atoms with Gasteiger partial charge in [0, 0.05) is 40.0 Å². The summed E-state index contributed by atoms with van der Waals surface area (Å²) in [6, 6.07) is 9.53. The lowest BCUT2D eigenvalue weighted by molar-refractivity contribution is -0.111. The molecule has 2 aromatic rings. The molecule has 0 aliphatic heterocycles. The van der Waals surface area contributed by atoms with E-state index in [1.165, 1.54) is 32.4 Å². The average Bonchev–Trinajstić information content (AvgIpc) is 2.55. The normalized spacial score (nSPS) is 10.6. The molecule has 2 aromatic carbocycles. The molecule has 120 valence electrons. The van der Waals surface area contributed by atoms with Crippen LogP contribution in [0, 0.1) is 5.82 Å². The molecule has 0 spiro atoms. The predicted octanol–water partition coefficient (Wildman–Crippen LogP) is 4.26. The van der Waals surface area contributed by atoms with Crippen LogP contribution in [-0.4, -0.2) is 20.1 Å². The van der Waals surface area contributed by atoms with E-state index in [1.54, 1.807) is 30.3 Å². The molecule has 6 heteroatoms. The summed E-state index contributed by atoms with van der Waals surface area (Å²) >= 11 is 3.26. The average molecular weight is 380 g/mol. The Hall–Kier alpha value is -2.34. The zero-order valence-electron chi connectivity index (χ0n) is 12.6. The Morgan fingerprint density at radius 1 is 1.13 bits per heavy atom. The molecule has 0 aliphatic rings. The molecule has 0 heterocycles. The van der Waals surface area contributed by atoms with Gasteiger partial charge in [-0.15, -0.1) is 0 Å². The molecular formula is C17H15BrFNO3. The number of rotatable bonds is 5. The Morgan fingerprint density at radius 2 is 1.78 bits per heavy atom. The highest BCUT2D eigenvalue weighted by atomic mass is 79.9. The first-order chi connectivity index (χ1) is 11.0. The first-order valence-electron chi connectivity index (χ1n) is 6.69. The fourth-order valence-electron chi connectivity index (χ4n) is 1.87. The third-order valence-corrected chi connectivity index (χ3v) is 3.48. The molecule has 0 atom stereocenters. The molecule has 0 saturated heterocycles. The van der Waals surface area contributed by atoms with E-state index in [0.717, 1.165) is 4.47 Å². The highest BCUT2D eigenvalue weighted by molar-refractivity contribution is 9.10. The Labute approximate surface area is 142 Å². The van der Waals surface area contributed by atoms with Crippen LogP contribution < -0.4 is 14.8 Å². The van der Waals surface area contributed by atoms with Crippen LogP contribution in [0.1, 0.15) is 5.56 Å². The Balaban J connectivity index is 2.13. The van der Waals surface area contributed by atoms with Gasteiger partial charge in [-0.2, -0.15) is 0 Å². The monoisotopic (exact) mass is 379 g/mol. The molecular weight excluding hydrogens is 365 g/mol. The largest absolute Gasteiger partial charge is 0.497 e. The number of ether oxygens (including phenoxy) is 2. The number of hydrogen-bond donors (Lipinski definition) is 1. The van der Waals surface area contributed by atoms with Crippen molar-refractivity contribution in [1.82, 2.24) is 0 Å². The second-order valence-electron chi connectivity index (χ2n) is 4.59. The molecule has 23 heavy (non-hydrogen) atoms. The molecule has 4 nitrogen and oxygen atoms in total. The van der Waals surface area contributed by atoms with Crippen LogP contribution in [0.2, 0.25) is 0 Å². The fraction of sp³-hybridized carbons (Fsp3) is 0.118. The summed E-state index contributed by atoms with van der Waals surface area (Å²) < 4.78 is 24.6. The smallest absolute Gasteiger partial charge is 0.248 e. The van der Waals surface area contributed by atoms with E-state index in [4.69, 9.17) is 9.47 Å². The number of benzene rings is 2. The molecule has 0 unspecified atom stereocenters. The van der Waals surface area contributed by atoms with Gasteiger partial charge in [-0.3, -0.25) is 4.79 Å². The lowest BCUT2D eigenvalue weighted by Crippen LogP contribution is -2.08. The van der Waals surface area contributed by atoms with E-state index < -0.39 is 5.82 Å². The maximum atomic E-state index is 13.6. The maximum absolute atomic E-state index is 13.6. The zero-order valence-corrected chi connectivity index (χ0v) is 14.2. The molecule has 2 rings (SSSR count). The number of halogens is 2. The van der Waals surface area contributed by atoms with Crippen LogP contribution in [0.15, 0.2) is 46.9 Å². The van der Waals surface area contributed by atoms with Gasteiger partial charge in [0.1, 0.15) is 17.3 Å². The number of anilines is 1. The van der Waals surface area contributed by atoms with Gasteiger partial charge in [-0.05, 0) is 24.3 Å². The van der Waals surface area contributed by atoms with Crippen molar-refractivity contribution in [3.8, 4) is 11.5 Å². The minimum atomic E-state index is -0.403. The Kier molecular flexibility index (Phi) is 5.76. The summed E-state index contributed by atoms with van der Waals surface area (Å²) in [6.45, 7) is 0. The standard InChI is InChI=1S/C17H15BrFNO3/c1-22-14-8-13(9-15(10-14)23-2)20-17(21)6-3-11-7-12(18)4-5-16(11)19/h3-10H,1-2H3,(H,20,21)/b6-3+. The summed E-state index contributed by atoms with van der Waals surface area (Å²) in [5.74, 6) is 0.323. The van der Waals surface area contributed by atoms with Crippen molar-refractivity contribution in [3.63, 3.8) is 0 Å². The number of amides is 1. The van der Waals surface area contributed by atoms with Gasteiger partial charge in [0.2, 0.25) is 5.91 Å². The first kappa shape index (κ1) is 17.0. The van der Waals surface area contributed by atoms with Crippen LogP contribution in [0.3, 0.4) is 0 Å². The van der Waals surface area contributed by atoms with Gasteiger partial charge in [-0.25, -0.2) is 4.39 Å². The molecule has 1 N–H and O–H groups in total. The molecule has 0 saturated carbocycles. The summed E-state index contributed by atoms with van der Waals surface area (Å²) in [5, 5.41) is 2.68. The van der Waals surface area contributed by atoms with E-state index in [1.807, 2.05) is 0 Å². The van der Waals surface area contributed by atoms with Crippen LogP contribution in [0.25, 0.3) is 6.08 Å². The van der Waals surface area contributed by atoms with E-state index in [0.29, 0.717) is 22.7 Å². The molecule has 0 bridgehead atoms. The third kappa shape index (κ3) is 4.82. The van der Waals surface area contributed by atoms with Gasteiger partial charge in [0.05, 0.1) is 14.2 Å². The maximum Gasteiger partial charge on any atom is 0.248 e. The van der Waals surface area contributed by atoms with Crippen molar-refractivity contribution in [2.24, 2.45) is 0 Å². The number of hydrogen-bond acceptors (Lipinski definition) is 3. The van der Waals surface area contributed by atoms with Crippen molar-refractivity contribution >= 4 is 33.6 Å². The van der Waals surface area contributed by atoms with Gasteiger partial charge in [-0.1, -0.05) is 15.9 Å². The minimum Gasteiger partial charge on any atom is -0.497 e. The van der Waals surface area contributed by atoms with Crippen molar-refractivity contribution < 1.29 is 18.7 Å². The van der Waals surface area contributed by atoms with E-state index in [2.05, 4.69) is 21.2 Å². The molecule has 1 amide bonds. The van der Waals surface area contributed by atoms with Crippen LogP contribution >= 0.6 is 15.9 Å².